The van der Waals surface area contributed by atoms with E-state index in [0.717, 1.165) is 6.54 Å². The van der Waals surface area contributed by atoms with Gasteiger partial charge in [0, 0.05) is 12.6 Å². The van der Waals surface area contributed by atoms with Gasteiger partial charge in [-0.2, -0.15) is 0 Å². The molecule has 10 heavy (non-hydrogen) atoms. The number of hydrogen-bond acceptors (Lipinski definition) is 2. The van der Waals surface area contributed by atoms with Crippen LogP contribution in [0.3, 0.4) is 0 Å². The summed E-state index contributed by atoms with van der Waals surface area (Å²) in [5.74, 6) is 5.72. The molecular formula is C6H16N4. The molecule has 0 unspecified atom stereocenters. The second kappa shape index (κ2) is 4.90. The average molecular weight is 144 g/mol. The topological polar surface area (TPSA) is 62.4 Å². The molecule has 0 atom stereocenters. The molecule has 4 heteroatoms. The predicted molar refractivity (Wildman–Crippen MR) is 43.6 cm³/mol. The Morgan fingerprint density at radius 3 is 2.50 bits per heavy atom. The lowest BCUT2D eigenvalue weighted by molar-refractivity contribution is 0.703. The zero-order valence-corrected chi connectivity index (χ0v) is 6.81. The third-order valence-corrected chi connectivity index (χ3v) is 0.899. The van der Waals surface area contributed by atoms with Crippen LogP contribution < -0.4 is 16.5 Å². The van der Waals surface area contributed by atoms with Crippen molar-refractivity contribution in [2.24, 2.45) is 10.9 Å². The van der Waals surface area contributed by atoms with Crippen LogP contribution in [-0.2, 0) is 0 Å². The van der Waals surface area contributed by atoms with Crippen molar-refractivity contribution in [2.75, 3.05) is 6.54 Å². The Bertz CT molecular complexity index is 108. The minimum atomic E-state index is 0.362. The normalized spacial score (nSPS) is 11.8. The molecule has 4 N–H and O–H groups in total. The minimum absolute atomic E-state index is 0.362. The molecule has 0 aliphatic rings. The van der Waals surface area contributed by atoms with Crippen LogP contribution >= 0.6 is 0 Å². The molecule has 0 bridgehead atoms. The van der Waals surface area contributed by atoms with Crippen molar-refractivity contribution in [3.05, 3.63) is 0 Å². The lowest BCUT2D eigenvalue weighted by atomic mass is 10.4. The smallest absolute Gasteiger partial charge is 0.213 e. The van der Waals surface area contributed by atoms with Gasteiger partial charge in [0.05, 0.1) is 0 Å². The number of nitrogens with two attached hydrogens (primary N) is 1. The molecule has 0 aromatic carbocycles. The first kappa shape index (κ1) is 9.07. The fourth-order valence-corrected chi connectivity index (χ4v) is 0.575. The molecule has 0 fully saturated rings. The van der Waals surface area contributed by atoms with E-state index in [0.29, 0.717) is 12.0 Å². The number of nitrogens with one attached hydrogen (secondary N) is 2. The fraction of sp³-hybridized carbons (Fsp3) is 0.833. The van der Waals surface area contributed by atoms with E-state index in [1.807, 2.05) is 20.8 Å². The van der Waals surface area contributed by atoms with Gasteiger partial charge in [-0.15, -0.1) is 5.10 Å². The summed E-state index contributed by atoms with van der Waals surface area (Å²) in [4.78, 5) is 0. The van der Waals surface area contributed by atoms with Gasteiger partial charge in [0.15, 0.2) is 0 Å². The summed E-state index contributed by atoms with van der Waals surface area (Å²) < 4.78 is 0. The minimum Gasteiger partial charge on any atom is -0.355 e. The summed E-state index contributed by atoms with van der Waals surface area (Å²) in [6, 6.07) is 0.362. The third-order valence-electron chi connectivity index (χ3n) is 0.899. The molecule has 0 aliphatic carbocycles. The number of rotatable bonds is 2. The Hall–Kier alpha value is -0.930. The molecule has 0 rings (SSSR count). The van der Waals surface area contributed by atoms with Crippen LogP contribution in [0, 0.1) is 0 Å². The van der Waals surface area contributed by atoms with Gasteiger partial charge in [0.25, 0.3) is 0 Å². The quantitative estimate of drug-likeness (QED) is 0.218. The van der Waals surface area contributed by atoms with Crippen molar-refractivity contribution in [1.82, 2.24) is 10.6 Å². The Morgan fingerprint density at radius 1 is 1.60 bits per heavy atom. The van der Waals surface area contributed by atoms with Crippen LogP contribution in [0.2, 0.25) is 0 Å². The van der Waals surface area contributed by atoms with Crippen molar-refractivity contribution in [1.29, 1.82) is 0 Å². The Balaban J connectivity index is 3.62. The van der Waals surface area contributed by atoms with Crippen molar-refractivity contribution >= 4 is 5.96 Å². The SMILES string of the molecule is CCN/C(=N\N)NC(C)C. The maximum absolute atomic E-state index is 5.07. The summed E-state index contributed by atoms with van der Waals surface area (Å²) in [7, 11) is 0. The number of hydrogen-bond donors (Lipinski definition) is 3. The van der Waals surface area contributed by atoms with E-state index >= 15 is 0 Å². The highest BCUT2D eigenvalue weighted by Gasteiger charge is 1.96. The standard InChI is InChI=1S/C6H16N4/c1-4-8-6(10-7)9-5(2)3/h5H,4,7H2,1-3H3,(H2,8,9,10). The first-order chi connectivity index (χ1) is 4.70. The summed E-state index contributed by atoms with van der Waals surface area (Å²) >= 11 is 0. The van der Waals surface area contributed by atoms with Gasteiger partial charge in [-0.3, -0.25) is 0 Å². The van der Waals surface area contributed by atoms with Crippen LogP contribution in [0.1, 0.15) is 20.8 Å². The van der Waals surface area contributed by atoms with Crippen molar-refractivity contribution in [3.63, 3.8) is 0 Å². The van der Waals surface area contributed by atoms with Crippen molar-refractivity contribution in [2.45, 2.75) is 26.8 Å². The zero-order chi connectivity index (χ0) is 7.98. The highest BCUT2D eigenvalue weighted by molar-refractivity contribution is 5.79. The first-order valence-electron chi connectivity index (χ1n) is 3.49. The molecule has 0 saturated carbocycles. The van der Waals surface area contributed by atoms with E-state index in [1.165, 1.54) is 0 Å². The largest absolute Gasteiger partial charge is 0.355 e. The molecule has 0 spiro atoms. The van der Waals surface area contributed by atoms with E-state index in [4.69, 9.17) is 5.84 Å². The number of nitrogens with zero attached hydrogens (tertiary/aromatic N) is 1. The van der Waals surface area contributed by atoms with Crippen molar-refractivity contribution < 1.29 is 0 Å². The Labute approximate surface area is 61.9 Å². The van der Waals surface area contributed by atoms with Gasteiger partial charge in [0.1, 0.15) is 0 Å². The highest BCUT2D eigenvalue weighted by atomic mass is 15.3. The van der Waals surface area contributed by atoms with Gasteiger partial charge in [-0.1, -0.05) is 0 Å². The average Bonchev–Trinajstić information content (AvgIpc) is 1.86. The van der Waals surface area contributed by atoms with E-state index in [1.54, 1.807) is 0 Å². The second-order valence-electron chi connectivity index (χ2n) is 2.31. The molecule has 0 heterocycles. The van der Waals surface area contributed by atoms with Gasteiger partial charge in [-0.25, -0.2) is 0 Å². The van der Waals surface area contributed by atoms with E-state index < -0.39 is 0 Å². The summed E-state index contributed by atoms with van der Waals surface area (Å²) in [5, 5.41) is 9.53. The second-order valence-corrected chi connectivity index (χ2v) is 2.31. The zero-order valence-electron chi connectivity index (χ0n) is 6.81. The van der Waals surface area contributed by atoms with E-state index in [2.05, 4.69) is 15.7 Å². The van der Waals surface area contributed by atoms with Crippen molar-refractivity contribution in [3.8, 4) is 0 Å². The predicted octanol–water partition coefficient (Wildman–Crippen LogP) is -0.176. The number of hydrazone groups is 1. The van der Waals surface area contributed by atoms with Crippen LogP contribution in [0.25, 0.3) is 0 Å². The molecule has 4 nitrogen and oxygen atoms in total. The Morgan fingerprint density at radius 2 is 2.20 bits per heavy atom. The molecule has 0 aromatic rings. The lowest BCUT2D eigenvalue weighted by Gasteiger charge is -2.11. The molecular weight excluding hydrogens is 128 g/mol. The van der Waals surface area contributed by atoms with Gasteiger partial charge < -0.3 is 16.5 Å². The van der Waals surface area contributed by atoms with Gasteiger partial charge in [0.2, 0.25) is 5.96 Å². The molecule has 0 amide bonds. The van der Waals surface area contributed by atoms with Crippen LogP contribution in [0.15, 0.2) is 5.10 Å². The maximum atomic E-state index is 5.07. The molecule has 0 radical (unpaired) electrons. The lowest BCUT2D eigenvalue weighted by Crippen LogP contribution is -2.41. The number of guanidine groups is 1. The third kappa shape index (κ3) is 4.00. The Kier molecular flexibility index (Phi) is 4.45. The molecule has 60 valence electrons. The van der Waals surface area contributed by atoms with Gasteiger partial charge in [-0.05, 0) is 20.8 Å². The highest BCUT2D eigenvalue weighted by Crippen LogP contribution is 1.74. The fourth-order valence-electron chi connectivity index (χ4n) is 0.575. The first-order valence-corrected chi connectivity index (χ1v) is 3.49. The van der Waals surface area contributed by atoms with Crippen LogP contribution in [-0.4, -0.2) is 18.5 Å². The van der Waals surface area contributed by atoms with E-state index in [9.17, 15) is 0 Å². The monoisotopic (exact) mass is 144 g/mol. The molecule has 0 saturated heterocycles. The van der Waals surface area contributed by atoms with Gasteiger partial charge >= 0.3 is 0 Å². The molecule has 0 aromatic heterocycles. The summed E-state index contributed by atoms with van der Waals surface area (Å²) in [5.41, 5.74) is 0. The van der Waals surface area contributed by atoms with Crippen LogP contribution in [0.5, 0.6) is 0 Å². The van der Waals surface area contributed by atoms with E-state index in [-0.39, 0.29) is 0 Å². The summed E-state index contributed by atoms with van der Waals surface area (Å²) in [6.45, 7) is 6.88. The van der Waals surface area contributed by atoms with Crippen LogP contribution in [0.4, 0.5) is 0 Å². The summed E-state index contributed by atoms with van der Waals surface area (Å²) in [6.07, 6.45) is 0. The molecule has 0 aliphatic heterocycles. The maximum Gasteiger partial charge on any atom is 0.213 e.